The Kier molecular flexibility index (Phi) is 4.90. The Morgan fingerprint density at radius 3 is 2.81 bits per heavy atom. The van der Waals surface area contributed by atoms with Crippen molar-refractivity contribution in [3.05, 3.63) is 28.2 Å². The standard InChI is InChI=1S/C11H13Cl2NO2/c1-7(11(15)16-2)6-14-10-5-8(12)3-4-9(10)13/h3-5,7,14H,6H2,1-2H3. The molecule has 0 aliphatic heterocycles. The van der Waals surface area contributed by atoms with E-state index in [1.807, 2.05) is 0 Å². The van der Waals surface area contributed by atoms with E-state index in [4.69, 9.17) is 23.2 Å². The summed E-state index contributed by atoms with van der Waals surface area (Å²) in [6.45, 7) is 2.23. The topological polar surface area (TPSA) is 38.3 Å². The maximum Gasteiger partial charge on any atom is 0.310 e. The van der Waals surface area contributed by atoms with Crippen molar-refractivity contribution < 1.29 is 9.53 Å². The first-order valence-corrected chi connectivity index (χ1v) is 5.57. The molecule has 0 bridgehead atoms. The van der Waals surface area contributed by atoms with Gasteiger partial charge in [0.25, 0.3) is 0 Å². The van der Waals surface area contributed by atoms with Crippen LogP contribution < -0.4 is 5.32 Å². The van der Waals surface area contributed by atoms with Crippen molar-refractivity contribution >= 4 is 34.9 Å². The molecule has 1 aromatic carbocycles. The number of esters is 1. The Labute approximate surface area is 105 Å². The molecule has 0 amide bonds. The largest absolute Gasteiger partial charge is 0.469 e. The summed E-state index contributed by atoms with van der Waals surface area (Å²) in [5.41, 5.74) is 0.713. The summed E-state index contributed by atoms with van der Waals surface area (Å²) in [5.74, 6) is -0.495. The fraction of sp³-hybridized carbons (Fsp3) is 0.364. The van der Waals surface area contributed by atoms with E-state index in [9.17, 15) is 4.79 Å². The lowest BCUT2D eigenvalue weighted by Gasteiger charge is -2.12. The summed E-state index contributed by atoms with van der Waals surface area (Å²) in [6, 6.07) is 5.13. The molecule has 88 valence electrons. The van der Waals surface area contributed by atoms with Crippen molar-refractivity contribution in [3.63, 3.8) is 0 Å². The van der Waals surface area contributed by atoms with Crippen molar-refractivity contribution in [1.29, 1.82) is 0 Å². The lowest BCUT2D eigenvalue weighted by atomic mass is 10.2. The maximum absolute atomic E-state index is 11.2. The van der Waals surface area contributed by atoms with Crippen LogP contribution in [0.1, 0.15) is 6.92 Å². The zero-order valence-corrected chi connectivity index (χ0v) is 10.6. The van der Waals surface area contributed by atoms with Crippen molar-refractivity contribution in [2.45, 2.75) is 6.92 Å². The van der Waals surface area contributed by atoms with Crippen molar-refractivity contribution in [1.82, 2.24) is 0 Å². The molecule has 0 aliphatic carbocycles. The first-order valence-electron chi connectivity index (χ1n) is 4.81. The van der Waals surface area contributed by atoms with Crippen LogP contribution in [-0.2, 0) is 9.53 Å². The summed E-state index contributed by atoms with van der Waals surface area (Å²) >= 11 is 11.8. The highest BCUT2D eigenvalue weighted by atomic mass is 35.5. The molecule has 0 heterocycles. The van der Waals surface area contributed by atoms with Gasteiger partial charge in [-0.05, 0) is 18.2 Å². The van der Waals surface area contributed by atoms with E-state index in [-0.39, 0.29) is 11.9 Å². The normalized spacial score (nSPS) is 12.0. The molecule has 16 heavy (non-hydrogen) atoms. The van der Waals surface area contributed by atoms with Crippen LogP contribution >= 0.6 is 23.2 Å². The number of anilines is 1. The minimum absolute atomic E-state index is 0.236. The van der Waals surface area contributed by atoms with Crippen LogP contribution in [0.5, 0.6) is 0 Å². The molecule has 1 aromatic rings. The molecule has 0 saturated carbocycles. The fourth-order valence-electron chi connectivity index (χ4n) is 1.18. The first-order chi connectivity index (χ1) is 7.54. The van der Waals surface area contributed by atoms with Crippen LogP contribution in [0, 0.1) is 5.92 Å². The van der Waals surface area contributed by atoms with Crippen LogP contribution in [0.2, 0.25) is 10.0 Å². The number of hydrogen-bond acceptors (Lipinski definition) is 3. The average molecular weight is 262 g/mol. The third kappa shape index (κ3) is 3.58. The molecule has 0 aliphatic rings. The van der Waals surface area contributed by atoms with E-state index >= 15 is 0 Å². The van der Waals surface area contributed by atoms with E-state index in [1.54, 1.807) is 25.1 Å². The first kappa shape index (κ1) is 13.1. The Bertz CT molecular complexity index is 382. The number of nitrogens with one attached hydrogen (secondary N) is 1. The molecule has 1 rings (SSSR count). The number of rotatable bonds is 4. The lowest BCUT2D eigenvalue weighted by molar-refractivity contribution is -0.144. The summed E-state index contributed by atoms with van der Waals surface area (Å²) in [6.07, 6.45) is 0. The number of carbonyl (C=O) groups is 1. The smallest absolute Gasteiger partial charge is 0.310 e. The molecule has 0 fully saturated rings. The van der Waals surface area contributed by atoms with Crippen LogP contribution in [-0.4, -0.2) is 19.6 Å². The molecule has 5 heteroatoms. The Morgan fingerprint density at radius 2 is 2.19 bits per heavy atom. The molecule has 0 saturated heterocycles. The van der Waals surface area contributed by atoms with Gasteiger partial charge in [0.2, 0.25) is 0 Å². The van der Waals surface area contributed by atoms with Gasteiger partial charge in [-0.2, -0.15) is 0 Å². The number of methoxy groups -OCH3 is 1. The highest BCUT2D eigenvalue weighted by Crippen LogP contribution is 2.25. The molecule has 0 radical (unpaired) electrons. The molecule has 3 nitrogen and oxygen atoms in total. The van der Waals surface area contributed by atoms with Gasteiger partial charge in [-0.3, -0.25) is 4.79 Å². The second-order valence-electron chi connectivity index (χ2n) is 3.43. The van der Waals surface area contributed by atoms with Crippen molar-refractivity contribution in [2.24, 2.45) is 5.92 Å². The molecular weight excluding hydrogens is 249 g/mol. The van der Waals surface area contributed by atoms with Gasteiger partial charge in [0, 0.05) is 11.6 Å². The lowest BCUT2D eigenvalue weighted by Crippen LogP contribution is -2.21. The van der Waals surface area contributed by atoms with Crippen molar-refractivity contribution in [3.8, 4) is 0 Å². The van der Waals surface area contributed by atoms with E-state index < -0.39 is 0 Å². The maximum atomic E-state index is 11.2. The summed E-state index contributed by atoms with van der Waals surface area (Å²) in [5, 5.41) is 4.22. The molecule has 0 aromatic heterocycles. The van der Waals surface area contributed by atoms with Gasteiger partial charge in [-0.1, -0.05) is 30.1 Å². The predicted molar refractivity (Wildman–Crippen MR) is 66.1 cm³/mol. The summed E-state index contributed by atoms with van der Waals surface area (Å²) in [4.78, 5) is 11.2. The molecular formula is C11H13Cl2NO2. The molecule has 0 spiro atoms. The summed E-state index contributed by atoms with van der Waals surface area (Å²) in [7, 11) is 1.37. The van der Waals surface area contributed by atoms with Gasteiger partial charge >= 0.3 is 5.97 Å². The van der Waals surface area contributed by atoms with Gasteiger partial charge < -0.3 is 10.1 Å². The third-order valence-corrected chi connectivity index (χ3v) is 2.70. The third-order valence-electron chi connectivity index (χ3n) is 2.13. The van der Waals surface area contributed by atoms with Gasteiger partial charge in [0.1, 0.15) is 0 Å². The SMILES string of the molecule is COC(=O)C(C)CNc1cc(Cl)ccc1Cl. The second kappa shape index (κ2) is 5.97. The monoisotopic (exact) mass is 261 g/mol. The highest BCUT2D eigenvalue weighted by Gasteiger charge is 2.13. The van der Waals surface area contributed by atoms with Crippen LogP contribution in [0.25, 0.3) is 0 Å². The van der Waals surface area contributed by atoms with Crippen molar-refractivity contribution in [2.75, 3.05) is 19.0 Å². The van der Waals surface area contributed by atoms with Gasteiger partial charge in [0.05, 0.1) is 23.7 Å². The predicted octanol–water partition coefficient (Wildman–Crippen LogP) is 3.21. The van der Waals surface area contributed by atoms with E-state index in [1.165, 1.54) is 7.11 Å². The van der Waals surface area contributed by atoms with E-state index in [0.717, 1.165) is 0 Å². The van der Waals surface area contributed by atoms with Crippen LogP contribution in [0.3, 0.4) is 0 Å². The molecule has 1 unspecified atom stereocenters. The Balaban J connectivity index is 2.60. The minimum atomic E-state index is -0.259. The quantitative estimate of drug-likeness (QED) is 0.846. The average Bonchev–Trinajstić information content (AvgIpc) is 2.28. The second-order valence-corrected chi connectivity index (χ2v) is 4.27. The Hall–Kier alpha value is -0.930. The van der Waals surface area contributed by atoms with Crippen LogP contribution in [0.4, 0.5) is 5.69 Å². The zero-order chi connectivity index (χ0) is 12.1. The van der Waals surface area contributed by atoms with Gasteiger partial charge in [0.15, 0.2) is 0 Å². The number of carbonyl (C=O) groups excluding carboxylic acids is 1. The minimum Gasteiger partial charge on any atom is -0.469 e. The van der Waals surface area contributed by atoms with Gasteiger partial charge in [-0.25, -0.2) is 0 Å². The number of ether oxygens (including phenoxy) is 1. The van der Waals surface area contributed by atoms with Gasteiger partial charge in [-0.15, -0.1) is 0 Å². The summed E-state index contributed by atoms with van der Waals surface area (Å²) < 4.78 is 4.62. The zero-order valence-electron chi connectivity index (χ0n) is 9.09. The molecule has 1 N–H and O–H groups in total. The highest BCUT2D eigenvalue weighted by molar-refractivity contribution is 6.35. The number of benzene rings is 1. The molecule has 1 atom stereocenters. The van der Waals surface area contributed by atoms with Crippen LogP contribution in [0.15, 0.2) is 18.2 Å². The number of hydrogen-bond donors (Lipinski definition) is 1. The fourth-order valence-corrected chi connectivity index (χ4v) is 1.54. The number of halogens is 2. The Morgan fingerprint density at radius 1 is 1.50 bits per heavy atom. The van der Waals surface area contributed by atoms with E-state index in [0.29, 0.717) is 22.3 Å². The van der Waals surface area contributed by atoms with E-state index in [2.05, 4.69) is 10.1 Å².